The van der Waals surface area contributed by atoms with E-state index in [4.69, 9.17) is 16.6 Å². The lowest BCUT2D eigenvalue weighted by atomic mass is 10.2. The number of thioether (sulfide) groups is 1. The Hall–Kier alpha value is -1.45. The number of aromatic nitrogens is 2. The molecule has 0 N–H and O–H groups in total. The van der Waals surface area contributed by atoms with Crippen LogP contribution >= 0.6 is 23.4 Å². The average Bonchev–Trinajstić information content (AvgIpc) is 2.92. The van der Waals surface area contributed by atoms with E-state index in [0.717, 1.165) is 28.5 Å². The molecule has 22 heavy (non-hydrogen) atoms. The van der Waals surface area contributed by atoms with Crippen molar-refractivity contribution < 1.29 is 0 Å². The van der Waals surface area contributed by atoms with Crippen molar-refractivity contribution in [3.63, 3.8) is 0 Å². The van der Waals surface area contributed by atoms with Crippen molar-refractivity contribution in [2.75, 3.05) is 0 Å². The molecule has 1 atom stereocenters. The number of fused-ring (bicyclic) bond motifs is 1. The summed E-state index contributed by atoms with van der Waals surface area (Å²) in [6, 6.07) is 16.8. The van der Waals surface area contributed by atoms with Crippen LogP contribution in [0.15, 0.2) is 53.4 Å². The van der Waals surface area contributed by atoms with Gasteiger partial charge in [-0.25, -0.2) is 4.98 Å². The number of hydrogen-bond donors (Lipinski definition) is 0. The highest BCUT2D eigenvalue weighted by Gasteiger charge is 2.14. The first-order valence-corrected chi connectivity index (χ1v) is 8.89. The van der Waals surface area contributed by atoms with Gasteiger partial charge in [-0.1, -0.05) is 30.7 Å². The van der Waals surface area contributed by atoms with Crippen LogP contribution in [0.4, 0.5) is 0 Å². The molecule has 0 aliphatic rings. The molecule has 0 radical (unpaired) electrons. The first-order valence-electron chi connectivity index (χ1n) is 7.53. The minimum Gasteiger partial charge on any atom is -0.324 e. The van der Waals surface area contributed by atoms with Crippen LogP contribution in [-0.2, 0) is 5.75 Å². The van der Waals surface area contributed by atoms with Gasteiger partial charge in [0.2, 0.25) is 0 Å². The summed E-state index contributed by atoms with van der Waals surface area (Å²) >= 11 is 7.74. The van der Waals surface area contributed by atoms with Gasteiger partial charge < -0.3 is 4.57 Å². The fraction of sp³-hybridized carbons (Fsp3) is 0.278. The van der Waals surface area contributed by atoms with Gasteiger partial charge in [0.1, 0.15) is 5.82 Å². The fourth-order valence-corrected chi connectivity index (χ4v) is 3.50. The number of rotatable bonds is 5. The summed E-state index contributed by atoms with van der Waals surface area (Å²) in [6.45, 7) is 4.47. The average molecular weight is 331 g/mol. The lowest BCUT2D eigenvalue weighted by Crippen LogP contribution is -2.07. The summed E-state index contributed by atoms with van der Waals surface area (Å²) in [5.74, 6) is 2.00. The summed E-state index contributed by atoms with van der Waals surface area (Å²) in [5, 5.41) is 0.774. The van der Waals surface area contributed by atoms with Crippen molar-refractivity contribution in [2.45, 2.75) is 37.0 Å². The second-order valence-corrected chi connectivity index (χ2v) is 6.87. The number of nitrogens with zero attached hydrogens (tertiary/aromatic N) is 2. The molecule has 1 unspecified atom stereocenters. The molecule has 0 aliphatic heterocycles. The Balaban J connectivity index is 1.90. The minimum atomic E-state index is 0.452. The van der Waals surface area contributed by atoms with Crippen molar-refractivity contribution in [3.05, 3.63) is 59.4 Å². The van der Waals surface area contributed by atoms with E-state index < -0.39 is 0 Å². The van der Waals surface area contributed by atoms with Crippen LogP contribution in [-0.4, -0.2) is 9.55 Å². The molecule has 114 valence electrons. The number of para-hydroxylation sites is 2. The van der Waals surface area contributed by atoms with Crippen LogP contribution in [0.25, 0.3) is 11.0 Å². The van der Waals surface area contributed by atoms with Gasteiger partial charge in [-0.15, -0.1) is 11.8 Å². The standard InChI is InChI=1S/C18H19ClN2S/c1-3-13(2)21-17-7-5-4-6-16(17)20-18(21)12-22-15-10-8-14(19)9-11-15/h4-11,13H,3,12H2,1-2H3. The van der Waals surface area contributed by atoms with Gasteiger partial charge in [0.05, 0.1) is 16.8 Å². The molecule has 4 heteroatoms. The number of halogens is 1. The molecule has 3 aromatic rings. The normalized spacial score (nSPS) is 12.7. The van der Waals surface area contributed by atoms with Crippen molar-refractivity contribution in [2.24, 2.45) is 0 Å². The second kappa shape index (κ2) is 6.76. The Bertz CT molecular complexity index is 764. The zero-order valence-electron chi connectivity index (χ0n) is 12.8. The van der Waals surface area contributed by atoms with Crippen LogP contribution in [0.2, 0.25) is 5.02 Å². The molecule has 1 heterocycles. The quantitative estimate of drug-likeness (QED) is 0.538. The largest absolute Gasteiger partial charge is 0.324 e. The molecule has 0 saturated carbocycles. The molecule has 0 fully saturated rings. The molecule has 2 nitrogen and oxygen atoms in total. The second-order valence-electron chi connectivity index (χ2n) is 5.39. The Morgan fingerprint density at radius 2 is 1.86 bits per heavy atom. The predicted molar refractivity (Wildman–Crippen MR) is 95.7 cm³/mol. The number of imidazole rings is 1. The van der Waals surface area contributed by atoms with E-state index in [9.17, 15) is 0 Å². The Morgan fingerprint density at radius 3 is 2.59 bits per heavy atom. The fourth-order valence-electron chi connectivity index (χ4n) is 2.55. The maximum Gasteiger partial charge on any atom is 0.120 e. The van der Waals surface area contributed by atoms with Gasteiger partial charge in [0, 0.05) is 16.0 Å². The summed E-state index contributed by atoms with van der Waals surface area (Å²) in [4.78, 5) is 6.05. The molecular formula is C18H19ClN2S. The van der Waals surface area contributed by atoms with Crippen molar-refractivity contribution in [3.8, 4) is 0 Å². The maximum absolute atomic E-state index is 5.94. The van der Waals surface area contributed by atoms with Crippen LogP contribution in [0.3, 0.4) is 0 Å². The lowest BCUT2D eigenvalue weighted by molar-refractivity contribution is 0.530. The van der Waals surface area contributed by atoms with Gasteiger partial charge in [-0.05, 0) is 49.7 Å². The van der Waals surface area contributed by atoms with Crippen LogP contribution in [0.1, 0.15) is 32.1 Å². The van der Waals surface area contributed by atoms with Crippen molar-refractivity contribution in [1.82, 2.24) is 9.55 Å². The lowest BCUT2D eigenvalue weighted by Gasteiger charge is -2.15. The molecule has 3 rings (SSSR count). The maximum atomic E-state index is 5.94. The first kappa shape index (κ1) is 15.4. The smallest absolute Gasteiger partial charge is 0.120 e. The third-order valence-electron chi connectivity index (χ3n) is 3.88. The van der Waals surface area contributed by atoms with E-state index in [2.05, 4.69) is 48.7 Å². The molecule has 0 spiro atoms. The van der Waals surface area contributed by atoms with Gasteiger partial charge >= 0.3 is 0 Å². The van der Waals surface area contributed by atoms with E-state index in [0.29, 0.717) is 6.04 Å². The first-order chi connectivity index (χ1) is 10.7. The monoisotopic (exact) mass is 330 g/mol. The van der Waals surface area contributed by atoms with E-state index in [1.807, 2.05) is 18.2 Å². The molecule has 0 bridgehead atoms. The minimum absolute atomic E-state index is 0.452. The Labute approximate surface area is 140 Å². The van der Waals surface area contributed by atoms with Crippen LogP contribution in [0, 0.1) is 0 Å². The van der Waals surface area contributed by atoms with Gasteiger partial charge in [-0.2, -0.15) is 0 Å². The summed E-state index contributed by atoms with van der Waals surface area (Å²) in [7, 11) is 0. The summed E-state index contributed by atoms with van der Waals surface area (Å²) in [6.07, 6.45) is 1.10. The predicted octanol–water partition coefficient (Wildman–Crippen LogP) is 5.95. The number of benzene rings is 2. The van der Waals surface area contributed by atoms with E-state index in [1.165, 1.54) is 10.4 Å². The molecular weight excluding hydrogens is 312 g/mol. The zero-order valence-corrected chi connectivity index (χ0v) is 14.4. The highest BCUT2D eigenvalue weighted by Crippen LogP contribution is 2.28. The summed E-state index contributed by atoms with van der Waals surface area (Å²) in [5.41, 5.74) is 2.30. The third kappa shape index (κ3) is 3.16. The topological polar surface area (TPSA) is 17.8 Å². The van der Waals surface area contributed by atoms with Gasteiger partial charge in [-0.3, -0.25) is 0 Å². The van der Waals surface area contributed by atoms with Crippen LogP contribution in [0.5, 0.6) is 0 Å². The van der Waals surface area contributed by atoms with Gasteiger partial charge in [0.15, 0.2) is 0 Å². The van der Waals surface area contributed by atoms with Crippen LogP contribution < -0.4 is 0 Å². The van der Waals surface area contributed by atoms with E-state index in [-0.39, 0.29) is 0 Å². The van der Waals surface area contributed by atoms with Crippen molar-refractivity contribution >= 4 is 34.4 Å². The van der Waals surface area contributed by atoms with Crippen molar-refractivity contribution in [1.29, 1.82) is 0 Å². The third-order valence-corrected chi connectivity index (χ3v) is 5.14. The molecule has 2 aromatic carbocycles. The highest BCUT2D eigenvalue weighted by molar-refractivity contribution is 7.98. The van der Waals surface area contributed by atoms with Gasteiger partial charge in [0.25, 0.3) is 0 Å². The summed E-state index contributed by atoms with van der Waals surface area (Å²) < 4.78 is 2.37. The number of hydrogen-bond acceptors (Lipinski definition) is 2. The van der Waals surface area contributed by atoms with E-state index in [1.54, 1.807) is 11.8 Å². The highest BCUT2D eigenvalue weighted by atomic mass is 35.5. The van der Waals surface area contributed by atoms with E-state index >= 15 is 0 Å². The zero-order chi connectivity index (χ0) is 15.5. The Morgan fingerprint density at radius 1 is 1.14 bits per heavy atom. The molecule has 0 amide bonds. The molecule has 0 aliphatic carbocycles. The SMILES string of the molecule is CCC(C)n1c(CSc2ccc(Cl)cc2)nc2ccccc21. The molecule has 0 saturated heterocycles. The Kier molecular flexibility index (Phi) is 4.74. The molecule has 1 aromatic heterocycles.